The van der Waals surface area contributed by atoms with Crippen molar-refractivity contribution in [2.75, 3.05) is 26.2 Å². The van der Waals surface area contributed by atoms with E-state index in [1.54, 1.807) is 18.2 Å². The monoisotopic (exact) mass is 303 g/mol. The van der Waals surface area contributed by atoms with Gasteiger partial charge in [-0.25, -0.2) is 0 Å². The fourth-order valence-corrected chi connectivity index (χ4v) is 2.94. The first-order valence-corrected chi connectivity index (χ1v) is 7.32. The van der Waals surface area contributed by atoms with E-state index < -0.39 is 6.10 Å². The van der Waals surface area contributed by atoms with Crippen molar-refractivity contribution in [2.45, 2.75) is 18.9 Å². The Bertz CT molecular complexity index is 428. The Balaban J connectivity index is 1.88. The van der Waals surface area contributed by atoms with Gasteiger partial charge in [0.15, 0.2) is 0 Å². The lowest BCUT2D eigenvalue weighted by molar-refractivity contribution is 0.146. The first kappa shape index (κ1) is 15.1. The second-order valence-electron chi connectivity index (χ2n) is 5.09. The molecule has 5 heteroatoms. The predicted molar refractivity (Wildman–Crippen MR) is 77.7 cm³/mol. The highest BCUT2D eigenvalue weighted by Crippen LogP contribution is 2.31. The van der Waals surface area contributed by atoms with Gasteiger partial charge in [0.25, 0.3) is 0 Å². The van der Waals surface area contributed by atoms with Gasteiger partial charge >= 0.3 is 0 Å². The number of likely N-dealkylation sites (tertiary alicyclic amines) is 1. The van der Waals surface area contributed by atoms with Crippen LogP contribution in [-0.2, 0) is 0 Å². The number of aliphatic hydroxyl groups is 2. The van der Waals surface area contributed by atoms with Crippen LogP contribution in [0.2, 0.25) is 10.0 Å². The molecule has 1 heterocycles. The molecule has 1 saturated heterocycles. The van der Waals surface area contributed by atoms with Gasteiger partial charge in [0.1, 0.15) is 0 Å². The molecule has 2 N–H and O–H groups in total. The molecule has 1 aliphatic rings. The van der Waals surface area contributed by atoms with E-state index in [4.69, 9.17) is 28.3 Å². The smallest absolute Gasteiger partial charge is 0.0817 e. The first-order valence-electron chi connectivity index (χ1n) is 6.57. The number of rotatable bonds is 5. The lowest BCUT2D eigenvalue weighted by Crippen LogP contribution is -2.24. The predicted octanol–water partition coefficient (Wildman–Crippen LogP) is 2.73. The summed E-state index contributed by atoms with van der Waals surface area (Å²) in [5, 5.41) is 20.2. The first-order chi connectivity index (χ1) is 9.11. The topological polar surface area (TPSA) is 43.7 Å². The average molecular weight is 304 g/mol. The maximum absolute atomic E-state index is 10.2. The minimum atomic E-state index is -0.598. The second kappa shape index (κ2) is 6.91. The van der Waals surface area contributed by atoms with E-state index in [0.29, 0.717) is 27.9 Å². The van der Waals surface area contributed by atoms with Crippen molar-refractivity contribution in [3.05, 3.63) is 33.8 Å². The maximum atomic E-state index is 10.2. The highest BCUT2D eigenvalue weighted by Gasteiger charge is 2.22. The third-order valence-corrected chi connectivity index (χ3v) is 4.52. The van der Waals surface area contributed by atoms with Crippen molar-refractivity contribution < 1.29 is 10.2 Å². The van der Waals surface area contributed by atoms with Crippen LogP contribution in [0.5, 0.6) is 0 Å². The number of aliphatic hydroxyl groups excluding tert-OH is 2. The zero-order valence-electron chi connectivity index (χ0n) is 10.7. The summed E-state index contributed by atoms with van der Waals surface area (Å²) in [5.74, 6) is 0.381. The van der Waals surface area contributed by atoms with Crippen LogP contribution in [0.3, 0.4) is 0 Å². The minimum absolute atomic E-state index is 0.249. The summed E-state index contributed by atoms with van der Waals surface area (Å²) in [6, 6.07) is 5.32. The molecular formula is C14H19Cl2NO2. The lowest BCUT2D eigenvalue weighted by Gasteiger charge is -2.19. The van der Waals surface area contributed by atoms with Gasteiger partial charge in [-0.1, -0.05) is 35.3 Å². The molecule has 0 amide bonds. The van der Waals surface area contributed by atoms with Crippen LogP contribution < -0.4 is 0 Å². The van der Waals surface area contributed by atoms with Crippen molar-refractivity contribution in [1.82, 2.24) is 4.90 Å². The normalized spacial score (nSPS) is 21.8. The third-order valence-electron chi connectivity index (χ3n) is 3.69. The molecule has 0 aromatic heterocycles. The molecule has 19 heavy (non-hydrogen) atoms. The Hall–Kier alpha value is -0.320. The van der Waals surface area contributed by atoms with E-state index in [0.717, 1.165) is 26.1 Å². The number of benzene rings is 1. The van der Waals surface area contributed by atoms with E-state index >= 15 is 0 Å². The van der Waals surface area contributed by atoms with Gasteiger partial charge in [0, 0.05) is 25.3 Å². The number of nitrogens with zero attached hydrogens (tertiary/aromatic N) is 1. The van der Waals surface area contributed by atoms with Gasteiger partial charge in [-0.2, -0.15) is 0 Å². The van der Waals surface area contributed by atoms with Gasteiger partial charge in [-0.3, -0.25) is 0 Å². The molecule has 0 radical (unpaired) electrons. The standard InChI is InChI=1S/C14H19Cl2NO2/c15-12-3-1-2-11(14(12)16)13(19)5-7-17-6-4-10(8-17)9-18/h1-3,10,13,18-19H,4-9H2. The number of hydrogen-bond donors (Lipinski definition) is 2. The van der Waals surface area contributed by atoms with Crippen LogP contribution in [0.1, 0.15) is 24.5 Å². The Morgan fingerprint density at radius 1 is 1.37 bits per heavy atom. The zero-order valence-corrected chi connectivity index (χ0v) is 12.2. The molecule has 2 atom stereocenters. The maximum Gasteiger partial charge on any atom is 0.0817 e. The summed E-state index contributed by atoms with van der Waals surface area (Å²) in [7, 11) is 0. The largest absolute Gasteiger partial charge is 0.396 e. The summed E-state index contributed by atoms with van der Waals surface area (Å²) >= 11 is 12.0. The van der Waals surface area contributed by atoms with Crippen LogP contribution in [0.4, 0.5) is 0 Å². The molecule has 2 unspecified atom stereocenters. The molecular weight excluding hydrogens is 285 g/mol. The average Bonchev–Trinajstić information content (AvgIpc) is 2.87. The van der Waals surface area contributed by atoms with Gasteiger partial charge in [0.05, 0.1) is 16.1 Å². The molecule has 1 aliphatic heterocycles. The molecule has 0 aliphatic carbocycles. The van der Waals surface area contributed by atoms with Gasteiger partial charge < -0.3 is 15.1 Å². The molecule has 0 bridgehead atoms. The summed E-state index contributed by atoms with van der Waals surface area (Å²) in [6.45, 7) is 2.95. The fraction of sp³-hybridized carbons (Fsp3) is 0.571. The SMILES string of the molecule is OCC1CCN(CCC(O)c2cccc(Cl)c2Cl)C1. The summed E-state index contributed by atoms with van der Waals surface area (Å²) in [4.78, 5) is 2.27. The summed E-state index contributed by atoms with van der Waals surface area (Å²) < 4.78 is 0. The molecule has 3 nitrogen and oxygen atoms in total. The molecule has 1 aromatic carbocycles. The second-order valence-corrected chi connectivity index (χ2v) is 5.87. The van der Waals surface area contributed by atoms with Gasteiger partial charge in [-0.05, 0) is 31.4 Å². The van der Waals surface area contributed by atoms with E-state index in [1.165, 1.54) is 0 Å². The fourth-order valence-electron chi connectivity index (χ4n) is 2.50. The minimum Gasteiger partial charge on any atom is -0.396 e. The van der Waals surface area contributed by atoms with Crippen LogP contribution in [0.25, 0.3) is 0 Å². The molecule has 106 valence electrons. The zero-order chi connectivity index (χ0) is 13.8. The van der Waals surface area contributed by atoms with E-state index in [9.17, 15) is 5.11 Å². The van der Waals surface area contributed by atoms with Gasteiger partial charge in [0.2, 0.25) is 0 Å². The highest BCUT2D eigenvalue weighted by atomic mass is 35.5. The van der Waals surface area contributed by atoms with Crippen molar-refractivity contribution >= 4 is 23.2 Å². The lowest BCUT2D eigenvalue weighted by atomic mass is 10.1. The Morgan fingerprint density at radius 2 is 2.16 bits per heavy atom. The summed E-state index contributed by atoms with van der Waals surface area (Å²) in [5.41, 5.74) is 0.687. The molecule has 1 fully saturated rings. The van der Waals surface area contributed by atoms with E-state index in [2.05, 4.69) is 4.90 Å². The van der Waals surface area contributed by atoms with Crippen LogP contribution in [-0.4, -0.2) is 41.4 Å². The Morgan fingerprint density at radius 3 is 2.84 bits per heavy atom. The van der Waals surface area contributed by atoms with E-state index in [1.807, 2.05) is 0 Å². The number of hydrogen-bond acceptors (Lipinski definition) is 3. The third kappa shape index (κ3) is 3.83. The van der Waals surface area contributed by atoms with Crippen molar-refractivity contribution in [2.24, 2.45) is 5.92 Å². The van der Waals surface area contributed by atoms with Crippen LogP contribution in [0, 0.1) is 5.92 Å². The molecule has 0 saturated carbocycles. The van der Waals surface area contributed by atoms with E-state index in [-0.39, 0.29) is 6.61 Å². The number of halogens is 2. The van der Waals surface area contributed by atoms with Crippen molar-refractivity contribution in [1.29, 1.82) is 0 Å². The highest BCUT2D eigenvalue weighted by molar-refractivity contribution is 6.42. The molecule has 1 aromatic rings. The van der Waals surface area contributed by atoms with Crippen molar-refractivity contribution in [3.8, 4) is 0 Å². The van der Waals surface area contributed by atoms with Crippen molar-refractivity contribution in [3.63, 3.8) is 0 Å². The van der Waals surface area contributed by atoms with Crippen LogP contribution in [0.15, 0.2) is 18.2 Å². The quantitative estimate of drug-likeness (QED) is 0.879. The Kier molecular flexibility index (Phi) is 5.48. The Labute approximate surface area is 123 Å². The molecule has 0 spiro atoms. The van der Waals surface area contributed by atoms with Gasteiger partial charge in [-0.15, -0.1) is 0 Å². The summed E-state index contributed by atoms with van der Waals surface area (Å²) in [6.07, 6.45) is 1.06. The van der Waals surface area contributed by atoms with Crippen LogP contribution >= 0.6 is 23.2 Å². The molecule has 2 rings (SSSR count).